The van der Waals surface area contributed by atoms with Crippen LogP contribution < -0.4 is 5.56 Å². The average molecular weight is 329 g/mol. The number of rotatable bonds is 5. The van der Waals surface area contributed by atoms with E-state index in [-0.39, 0.29) is 11.0 Å². The highest BCUT2D eigenvalue weighted by atomic mass is 16.1. The van der Waals surface area contributed by atoms with Crippen LogP contribution in [0.1, 0.15) is 39.3 Å². The lowest BCUT2D eigenvalue weighted by Gasteiger charge is -2.25. The molecule has 1 aliphatic heterocycles. The van der Waals surface area contributed by atoms with Gasteiger partial charge in [0.2, 0.25) is 0 Å². The highest BCUT2D eigenvalue weighted by Gasteiger charge is 2.26. The molecule has 3 heterocycles. The van der Waals surface area contributed by atoms with Gasteiger partial charge in [-0.25, -0.2) is 9.67 Å². The summed E-state index contributed by atoms with van der Waals surface area (Å²) in [6.07, 6.45) is 7.96. The van der Waals surface area contributed by atoms with Crippen molar-refractivity contribution in [3.8, 4) is 0 Å². The Kier molecular flexibility index (Phi) is 4.85. The summed E-state index contributed by atoms with van der Waals surface area (Å²) in [7, 11) is 0. The van der Waals surface area contributed by atoms with E-state index >= 15 is 0 Å². The van der Waals surface area contributed by atoms with Gasteiger partial charge in [0.1, 0.15) is 0 Å². The van der Waals surface area contributed by atoms with E-state index in [4.69, 9.17) is 0 Å². The average Bonchev–Trinajstić information content (AvgIpc) is 3.17. The predicted octanol–water partition coefficient (Wildman–Crippen LogP) is 1.90. The van der Waals surface area contributed by atoms with Crippen LogP contribution in [0.15, 0.2) is 35.6 Å². The Morgan fingerprint density at radius 1 is 1.25 bits per heavy atom. The third-order valence-electron chi connectivity index (χ3n) is 4.72. The molecule has 1 aliphatic rings. The van der Waals surface area contributed by atoms with Gasteiger partial charge in [-0.05, 0) is 25.5 Å². The summed E-state index contributed by atoms with van der Waals surface area (Å²) in [5.74, 6) is 0. The van der Waals surface area contributed by atoms with E-state index in [0.717, 1.165) is 31.7 Å². The highest BCUT2D eigenvalue weighted by Crippen LogP contribution is 2.20. The van der Waals surface area contributed by atoms with Gasteiger partial charge in [0.15, 0.2) is 0 Å². The van der Waals surface area contributed by atoms with Gasteiger partial charge in [-0.1, -0.05) is 20.8 Å². The molecule has 0 spiro atoms. The molecule has 0 aromatic carbocycles. The van der Waals surface area contributed by atoms with Gasteiger partial charge in [-0.15, -0.1) is 0 Å². The van der Waals surface area contributed by atoms with Crippen LogP contribution in [0.4, 0.5) is 0 Å². The highest BCUT2D eigenvalue weighted by molar-refractivity contribution is 5.10. The van der Waals surface area contributed by atoms with E-state index in [2.05, 4.69) is 40.3 Å². The summed E-state index contributed by atoms with van der Waals surface area (Å²) in [4.78, 5) is 18.8. The molecule has 0 radical (unpaired) electrons. The summed E-state index contributed by atoms with van der Waals surface area (Å²) in [5.41, 5.74) is 0.904. The van der Waals surface area contributed by atoms with Gasteiger partial charge in [-0.3, -0.25) is 9.69 Å². The maximum Gasteiger partial charge on any atom is 0.266 e. The van der Waals surface area contributed by atoms with Crippen LogP contribution in [-0.4, -0.2) is 43.4 Å². The van der Waals surface area contributed by atoms with Crippen LogP contribution in [0, 0.1) is 0 Å². The Labute approximate surface area is 143 Å². The molecule has 0 N–H and O–H groups in total. The maximum atomic E-state index is 12.2. The summed E-state index contributed by atoms with van der Waals surface area (Å²) in [6.45, 7) is 10.0. The summed E-state index contributed by atoms with van der Waals surface area (Å²) in [6, 6.07) is 3.89. The zero-order valence-corrected chi connectivity index (χ0v) is 14.9. The third kappa shape index (κ3) is 3.93. The van der Waals surface area contributed by atoms with E-state index in [0.29, 0.717) is 12.6 Å². The molecule has 1 unspecified atom stereocenters. The lowest BCUT2D eigenvalue weighted by Crippen LogP contribution is -2.39. The monoisotopic (exact) mass is 329 g/mol. The fourth-order valence-corrected chi connectivity index (χ4v) is 3.24. The number of imidazole rings is 1. The molecule has 0 saturated carbocycles. The van der Waals surface area contributed by atoms with Crippen molar-refractivity contribution in [2.75, 3.05) is 13.1 Å². The van der Waals surface area contributed by atoms with Gasteiger partial charge < -0.3 is 4.57 Å². The topological polar surface area (TPSA) is 56.0 Å². The van der Waals surface area contributed by atoms with Crippen LogP contribution in [0.5, 0.6) is 0 Å². The lowest BCUT2D eigenvalue weighted by atomic mass is 9.92. The zero-order valence-electron chi connectivity index (χ0n) is 14.9. The second-order valence-electron chi connectivity index (χ2n) is 7.62. The van der Waals surface area contributed by atoms with Gasteiger partial charge in [0.25, 0.3) is 5.56 Å². The largest absolute Gasteiger partial charge is 0.336 e. The van der Waals surface area contributed by atoms with Crippen molar-refractivity contribution < 1.29 is 0 Å². The minimum absolute atomic E-state index is 0.00976. The van der Waals surface area contributed by atoms with Crippen molar-refractivity contribution in [3.63, 3.8) is 0 Å². The van der Waals surface area contributed by atoms with Gasteiger partial charge in [-0.2, -0.15) is 5.10 Å². The Morgan fingerprint density at radius 3 is 2.79 bits per heavy atom. The molecule has 6 heteroatoms. The Bertz CT molecular complexity index is 714. The van der Waals surface area contributed by atoms with Crippen LogP contribution >= 0.6 is 0 Å². The van der Waals surface area contributed by atoms with Crippen molar-refractivity contribution in [1.29, 1.82) is 0 Å². The van der Waals surface area contributed by atoms with E-state index in [1.165, 1.54) is 6.42 Å². The standard InChI is InChI=1S/C18H27N5O/c1-18(2,3)16-6-7-17(24)23(20-16)13-15-5-4-9-22(15)12-11-21-10-8-19-14-21/h6-8,10,14-15H,4-5,9,11-13H2,1-3H3. The lowest BCUT2D eigenvalue weighted by molar-refractivity contribution is 0.216. The second-order valence-corrected chi connectivity index (χ2v) is 7.62. The fourth-order valence-electron chi connectivity index (χ4n) is 3.24. The Morgan fingerprint density at radius 2 is 2.08 bits per heavy atom. The molecule has 0 aliphatic carbocycles. The molecule has 24 heavy (non-hydrogen) atoms. The molecule has 2 aromatic heterocycles. The normalized spacial score (nSPS) is 19.0. The number of likely N-dealkylation sites (tertiary alicyclic amines) is 1. The first kappa shape index (κ1) is 16.9. The minimum Gasteiger partial charge on any atom is -0.336 e. The summed E-state index contributed by atoms with van der Waals surface area (Å²) < 4.78 is 3.75. The van der Waals surface area contributed by atoms with Crippen LogP contribution in [0.2, 0.25) is 0 Å². The molecular formula is C18H27N5O. The van der Waals surface area contributed by atoms with E-state index in [9.17, 15) is 4.79 Å². The van der Waals surface area contributed by atoms with Crippen molar-refractivity contribution in [2.45, 2.75) is 58.2 Å². The molecule has 6 nitrogen and oxygen atoms in total. The molecule has 130 valence electrons. The van der Waals surface area contributed by atoms with Gasteiger partial charge >= 0.3 is 0 Å². The first-order valence-electron chi connectivity index (χ1n) is 8.72. The summed E-state index contributed by atoms with van der Waals surface area (Å²) in [5, 5.41) is 4.61. The number of nitrogens with zero attached hydrogens (tertiary/aromatic N) is 5. The zero-order chi connectivity index (χ0) is 17.2. The molecule has 1 atom stereocenters. The van der Waals surface area contributed by atoms with Crippen molar-refractivity contribution in [2.24, 2.45) is 0 Å². The van der Waals surface area contributed by atoms with Gasteiger partial charge in [0.05, 0.1) is 18.6 Å². The van der Waals surface area contributed by atoms with Crippen LogP contribution in [-0.2, 0) is 18.5 Å². The molecule has 1 saturated heterocycles. The first-order valence-corrected chi connectivity index (χ1v) is 8.72. The van der Waals surface area contributed by atoms with Crippen molar-refractivity contribution >= 4 is 0 Å². The number of aromatic nitrogens is 4. The molecule has 0 amide bonds. The smallest absolute Gasteiger partial charge is 0.266 e. The molecule has 1 fully saturated rings. The van der Waals surface area contributed by atoms with Crippen molar-refractivity contribution in [3.05, 3.63) is 46.9 Å². The van der Waals surface area contributed by atoms with Crippen LogP contribution in [0.3, 0.4) is 0 Å². The Hall–Kier alpha value is -1.95. The molecular weight excluding hydrogens is 302 g/mol. The minimum atomic E-state index is -0.0494. The molecule has 2 aromatic rings. The van der Waals surface area contributed by atoms with E-state index in [1.807, 2.05) is 24.8 Å². The number of hydrogen-bond acceptors (Lipinski definition) is 4. The Balaban J connectivity index is 1.69. The second kappa shape index (κ2) is 6.89. The maximum absolute atomic E-state index is 12.2. The fraction of sp³-hybridized carbons (Fsp3) is 0.611. The molecule has 0 bridgehead atoms. The third-order valence-corrected chi connectivity index (χ3v) is 4.72. The quantitative estimate of drug-likeness (QED) is 0.841. The summed E-state index contributed by atoms with van der Waals surface area (Å²) >= 11 is 0. The molecule has 3 rings (SSSR count). The number of hydrogen-bond donors (Lipinski definition) is 0. The SMILES string of the molecule is CC(C)(C)c1ccc(=O)n(CC2CCCN2CCn2ccnc2)n1. The van der Waals surface area contributed by atoms with E-state index < -0.39 is 0 Å². The first-order chi connectivity index (χ1) is 11.4. The predicted molar refractivity (Wildman–Crippen MR) is 94.0 cm³/mol. The van der Waals surface area contributed by atoms with E-state index in [1.54, 1.807) is 10.7 Å². The van der Waals surface area contributed by atoms with Crippen molar-refractivity contribution in [1.82, 2.24) is 24.2 Å². The van der Waals surface area contributed by atoms with Crippen LogP contribution in [0.25, 0.3) is 0 Å². The van der Waals surface area contributed by atoms with Gasteiger partial charge in [0, 0.05) is 43.0 Å².